The summed E-state index contributed by atoms with van der Waals surface area (Å²) in [4.78, 5) is 20.6. The van der Waals surface area contributed by atoms with Gasteiger partial charge in [-0.1, -0.05) is 0 Å². The van der Waals surface area contributed by atoms with Crippen molar-refractivity contribution in [2.75, 3.05) is 5.32 Å². The van der Waals surface area contributed by atoms with Crippen LogP contribution in [0.15, 0.2) is 6.20 Å². The van der Waals surface area contributed by atoms with Gasteiger partial charge in [0.05, 0.1) is 24.0 Å². The normalized spacial score (nSPS) is 15.6. The minimum absolute atomic E-state index is 0.0824. The Bertz CT molecular complexity index is 778. The van der Waals surface area contributed by atoms with Crippen molar-refractivity contribution in [2.24, 2.45) is 0 Å². The highest BCUT2D eigenvalue weighted by molar-refractivity contribution is 6.62. The van der Waals surface area contributed by atoms with Crippen LogP contribution in [-0.2, 0) is 18.7 Å². The number of H-pyrrole nitrogens is 1. The van der Waals surface area contributed by atoms with Gasteiger partial charge in [0.25, 0.3) is 0 Å². The van der Waals surface area contributed by atoms with Crippen LogP contribution in [0.5, 0.6) is 0 Å². The van der Waals surface area contributed by atoms with Crippen LogP contribution in [0.1, 0.15) is 30.9 Å². The second-order valence-corrected chi connectivity index (χ2v) is 5.91. The van der Waals surface area contributed by atoms with E-state index in [2.05, 4.69) is 25.5 Å². The first-order valence-electron chi connectivity index (χ1n) is 6.78. The summed E-state index contributed by atoms with van der Waals surface area (Å²) in [6.45, 7) is 3.49. The molecule has 3 N–H and O–H groups in total. The molecule has 0 radical (unpaired) electrons. The summed E-state index contributed by atoms with van der Waals surface area (Å²) in [6.07, 6.45) is 0.965. The number of aliphatic hydroxyl groups excluding tert-OH is 1. The second-order valence-electron chi connectivity index (χ2n) is 5.59. The zero-order chi connectivity index (χ0) is 16.8. The molecular formula is C13H14ClFN6O2. The highest BCUT2D eigenvalue weighted by atomic mass is 35.5. The van der Waals surface area contributed by atoms with E-state index >= 15 is 0 Å². The summed E-state index contributed by atoms with van der Waals surface area (Å²) in [5.74, 6) is -0.359. The van der Waals surface area contributed by atoms with Crippen LogP contribution >= 0.6 is 11.6 Å². The Morgan fingerprint density at radius 1 is 1.57 bits per heavy atom. The number of aromatic nitrogens is 4. The van der Waals surface area contributed by atoms with Gasteiger partial charge >= 0.3 is 5.37 Å². The van der Waals surface area contributed by atoms with E-state index < -0.39 is 23.3 Å². The molecule has 23 heavy (non-hydrogen) atoms. The summed E-state index contributed by atoms with van der Waals surface area (Å²) in [6, 6.07) is 0. The van der Waals surface area contributed by atoms with E-state index in [9.17, 15) is 9.18 Å². The lowest BCUT2D eigenvalue weighted by atomic mass is 10.0. The molecule has 0 saturated heterocycles. The van der Waals surface area contributed by atoms with Gasteiger partial charge in [0.2, 0.25) is 0 Å². The lowest BCUT2D eigenvalue weighted by Crippen LogP contribution is -2.37. The molecule has 0 saturated carbocycles. The maximum absolute atomic E-state index is 13.8. The van der Waals surface area contributed by atoms with Gasteiger partial charge in [0, 0.05) is 5.56 Å². The van der Waals surface area contributed by atoms with Crippen LogP contribution in [-0.4, -0.2) is 35.5 Å². The zero-order valence-electron chi connectivity index (χ0n) is 12.4. The van der Waals surface area contributed by atoms with E-state index in [0.717, 1.165) is 6.20 Å². The Labute approximate surface area is 135 Å². The predicted molar refractivity (Wildman–Crippen MR) is 79.6 cm³/mol. The maximum Gasteiger partial charge on any atom is 0.317 e. The third-order valence-electron chi connectivity index (χ3n) is 3.85. The number of carbonyl (C=O) groups excluding carboxylic acids is 1. The van der Waals surface area contributed by atoms with E-state index in [-0.39, 0.29) is 18.2 Å². The largest absolute Gasteiger partial charge is 0.388 e. The first kappa shape index (κ1) is 15.6. The Balaban J connectivity index is 1.96. The lowest BCUT2D eigenvalue weighted by Gasteiger charge is -2.29. The predicted octanol–water partition coefficient (Wildman–Crippen LogP) is 1.98. The molecule has 0 fully saturated rings. The van der Waals surface area contributed by atoms with Gasteiger partial charge in [0.15, 0.2) is 23.3 Å². The van der Waals surface area contributed by atoms with Crippen LogP contribution in [0.3, 0.4) is 0 Å². The molecule has 8 nitrogen and oxygen atoms in total. The third kappa shape index (κ3) is 2.51. The van der Waals surface area contributed by atoms with Gasteiger partial charge in [-0.2, -0.15) is 5.10 Å². The summed E-state index contributed by atoms with van der Waals surface area (Å²) < 4.78 is 13.8. The van der Waals surface area contributed by atoms with Gasteiger partial charge in [-0.25, -0.2) is 14.4 Å². The fraction of sp³-hybridized carbons (Fsp3) is 0.385. The van der Waals surface area contributed by atoms with Crippen molar-refractivity contribution in [1.82, 2.24) is 25.1 Å². The number of amides is 1. The van der Waals surface area contributed by atoms with Gasteiger partial charge in [0.1, 0.15) is 6.61 Å². The molecule has 0 unspecified atom stereocenters. The first-order chi connectivity index (χ1) is 10.8. The SMILES string of the molecule is CC1(C)c2[nH]nc(Nc3nc(CO)ncc3F)c2CN1C(=O)Cl. The summed E-state index contributed by atoms with van der Waals surface area (Å²) in [7, 11) is 0. The second kappa shape index (κ2) is 5.43. The van der Waals surface area contributed by atoms with Crippen molar-refractivity contribution in [3.63, 3.8) is 0 Å². The van der Waals surface area contributed by atoms with Crippen molar-refractivity contribution in [3.8, 4) is 0 Å². The Kier molecular flexibility index (Phi) is 3.69. The van der Waals surface area contributed by atoms with Gasteiger partial charge in [-0.15, -0.1) is 0 Å². The zero-order valence-corrected chi connectivity index (χ0v) is 13.1. The number of carbonyl (C=O) groups is 1. The monoisotopic (exact) mass is 340 g/mol. The smallest absolute Gasteiger partial charge is 0.317 e. The van der Waals surface area contributed by atoms with E-state index in [1.807, 2.05) is 13.8 Å². The van der Waals surface area contributed by atoms with Crippen LogP contribution in [0.25, 0.3) is 0 Å². The van der Waals surface area contributed by atoms with E-state index in [4.69, 9.17) is 16.7 Å². The number of aliphatic hydroxyl groups is 1. The minimum atomic E-state index is -0.679. The molecule has 122 valence electrons. The number of anilines is 2. The molecule has 0 atom stereocenters. The summed E-state index contributed by atoms with van der Waals surface area (Å²) in [5.41, 5.74) is 0.764. The van der Waals surface area contributed by atoms with E-state index in [1.165, 1.54) is 4.90 Å². The van der Waals surface area contributed by atoms with Crippen molar-refractivity contribution in [2.45, 2.75) is 32.5 Å². The molecule has 0 aliphatic carbocycles. The molecule has 2 aromatic rings. The van der Waals surface area contributed by atoms with Crippen molar-refractivity contribution in [3.05, 3.63) is 29.1 Å². The molecule has 2 aromatic heterocycles. The number of fused-ring (bicyclic) bond motifs is 1. The van der Waals surface area contributed by atoms with Gasteiger partial charge in [-0.3, -0.25) is 9.89 Å². The number of halogens is 2. The Morgan fingerprint density at radius 3 is 2.96 bits per heavy atom. The summed E-state index contributed by atoms with van der Waals surface area (Å²) in [5, 5.41) is 18.2. The number of nitrogens with one attached hydrogen (secondary N) is 2. The molecule has 1 amide bonds. The van der Waals surface area contributed by atoms with Gasteiger partial charge < -0.3 is 15.3 Å². The van der Waals surface area contributed by atoms with Crippen LogP contribution in [0.2, 0.25) is 0 Å². The molecule has 10 heteroatoms. The molecule has 3 rings (SSSR count). The van der Waals surface area contributed by atoms with Crippen molar-refractivity contribution in [1.29, 1.82) is 0 Å². The molecule has 0 bridgehead atoms. The number of nitrogens with zero attached hydrogens (tertiary/aromatic N) is 4. The third-order valence-corrected chi connectivity index (χ3v) is 4.06. The van der Waals surface area contributed by atoms with Crippen LogP contribution in [0, 0.1) is 5.82 Å². The van der Waals surface area contributed by atoms with Crippen molar-refractivity contribution < 1.29 is 14.3 Å². The fourth-order valence-electron chi connectivity index (χ4n) is 2.58. The van der Waals surface area contributed by atoms with Crippen LogP contribution < -0.4 is 5.32 Å². The maximum atomic E-state index is 13.8. The lowest BCUT2D eigenvalue weighted by molar-refractivity contribution is 0.164. The number of aromatic amines is 1. The Hall–Kier alpha value is -2.26. The molecule has 1 aliphatic rings. The van der Waals surface area contributed by atoms with Crippen molar-refractivity contribution >= 4 is 28.6 Å². The van der Waals surface area contributed by atoms with E-state index in [0.29, 0.717) is 17.1 Å². The number of rotatable bonds is 3. The average molecular weight is 341 g/mol. The molecule has 0 spiro atoms. The van der Waals surface area contributed by atoms with E-state index in [1.54, 1.807) is 0 Å². The Morgan fingerprint density at radius 2 is 2.30 bits per heavy atom. The fourth-order valence-corrected chi connectivity index (χ4v) is 2.85. The quantitative estimate of drug-likeness (QED) is 0.582. The molecule has 0 aromatic carbocycles. The number of hydrogen-bond acceptors (Lipinski definition) is 6. The topological polar surface area (TPSA) is 107 Å². The molecule has 1 aliphatic heterocycles. The van der Waals surface area contributed by atoms with Gasteiger partial charge in [-0.05, 0) is 25.4 Å². The molecular weight excluding hydrogens is 327 g/mol. The number of hydrogen-bond donors (Lipinski definition) is 3. The highest BCUT2D eigenvalue weighted by Gasteiger charge is 2.43. The van der Waals surface area contributed by atoms with Crippen LogP contribution in [0.4, 0.5) is 20.8 Å². The molecule has 3 heterocycles. The average Bonchev–Trinajstić information content (AvgIpc) is 3.01. The minimum Gasteiger partial charge on any atom is -0.388 e. The summed E-state index contributed by atoms with van der Waals surface area (Å²) >= 11 is 5.62. The standard InChI is InChI=1S/C13H14ClFN6O2/c1-13(2)9-6(4-21(13)12(14)23)10(20-19-9)18-11-7(15)3-16-8(5-22)17-11/h3,22H,4-5H2,1-2H3,(H2,16,17,18,19,20). The highest BCUT2D eigenvalue weighted by Crippen LogP contribution is 2.41. The first-order valence-corrected chi connectivity index (χ1v) is 7.16.